The number of hydrogen-bond donors (Lipinski definition) is 1. The van der Waals surface area contributed by atoms with Crippen LogP contribution in [-0.4, -0.2) is 46.2 Å². The monoisotopic (exact) mass is 409 g/mol. The van der Waals surface area contributed by atoms with Gasteiger partial charge in [-0.1, -0.05) is 30.3 Å². The van der Waals surface area contributed by atoms with Crippen molar-refractivity contribution in [3.8, 4) is 5.75 Å². The minimum Gasteiger partial charge on any atom is -0.493 e. The molecule has 1 fully saturated rings. The molecule has 1 aliphatic heterocycles. The summed E-state index contributed by atoms with van der Waals surface area (Å²) >= 11 is 1.64. The Morgan fingerprint density at radius 3 is 2.86 bits per heavy atom. The number of nitrogens with zero attached hydrogens (tertiary/aromatic N) is 2. The number of imidazole rings is 1. The lowest BCUT2D eigenvalue weighted by molar-refractivity contribution is -0.130. The van der Waals surface area contributed by atoms with Gasteiger partial charge >= 0.3 is 0 Å². The number of aromatic nitrogens is 2. The van der Waals surface area contributed by atoms with Crippen molar-refractivity contribution in [3.63, 3.8) is 0 Å². The molecule has 0 aliphatic carbocycles. The summed E-state index contributed by atoms with van der Waals surface area (Å²) in [6, 6.07) is 17.9. The van der Waals surface area contributed by atoms with E-state index >= 15 is 0 Å². The molecule has 29 heavy (non-hydrogen) atoms. The average molecular weight is 410 g/mol. The summed E-state index contributed by atoms with van der Waals surface area (Å²) in [5.74, 6) is 2.90. The van der Waals surface area contributed by atoms with Crippen molar-refractivity contribution < 1.29 is 9.53 Å². The van der Waals surface area contributed by atoms with Gasteiger partial charge in [0.25, 0.3) is 0 Å². The third kappa shape index (κ3) is 5.12. The number of carbonyl (C=O) groups is 1. The number of aromatic amines is 1. The Labute approximate surface area is 175 Å². The summed E-state index contributed by atoms with van der Waals surface area (Å²) in [7, 11) is 0. The fraction of sp³-hybridized carbons (Fsp3) is 0.391. The fourth-order valence-electron chi connectivity index (χ4n) is 3.69. The van der Waals surface area contributed by atoms with Gasteiger partial charge in [-0.15, -0.1) is 11.8 Å². The van der Waals surface area contributed by atoms with Crippen LogP contribution in [0.25, 0.3) is 11.0 Å². The van der Waals surface area contributed by atoms with Crippen LogP contribution >= 0.6 is 11.8 Å². The van der Waals surface area contributed by atoms with Crippen LogP contribution < -0.4 is 4.74 Å². The Morgan fingerprint density at radius 1 is 1.24 bits per heavy atom. The number of thioether (sulfide) groups is 1. The van der Waals surface area contributed by atoms with E-state index in [4.69, 9.17) is 4.74 Å². The number of amides is 1. The Balaban J connectivity index is 1.26. The van der Waals surface area contributed by atoms with Gasteiger partial charge in [-0.2, -0.15) is 0 Å². The maximum Gasteiger partial charge on any atom is 0.232 e. The lowest BCUT2D eigenvalue weighted by atomic mass is 9.99. The quantitative estimate of drug-likeness (QED) is 0.616. The Morgan fingerprint density at radius 2 is 2.03 bits per heavy atom. The summed E-state index contributed by atoms with van der Waals surface area (Å²) in [6.07, 6.45) is 2.15. The molecule has 2 unspecified atom stereocenters. The average Bonchev–Trinajstić information content (AvgIpc) is 3.21. The first-order valence-corrected chi connectivity index (χ1v) is 11.3. The second kappa shape index (κ2) is 9.35. The predicted molar refractivity (Wildman–Crippen MR) is 118 cm³/mol. The first-order valence-electron chi connectivity index (χ1n) is 10.2. The molecule has 1 aromatic heterocycles. The number of para-hydroxylation sites is 3. The fourth-order valence-corrected chi connectivity index (χ4v) is 4.53. The third-order valence-electron chi connectivity index (χ3n) is 5.35. The summed E-state index contributed by atoms with van der Waals surface area (Å²) in [6.45, 7) is 4.39. The van der Waals surface area contributed by atoms with E-state index in [0.717, 1.165) is 48.5 Å². The number of hydrogen-bond acceptors (Lipinski definition) is 4. The number of fused-ring (bicyclic) bond motifs is 1. The molecule has 1 amide bonds. The molecule has 1 saturated heterocycles. The van der Waals surface area contributed by atoms with Crippen LogP contribution in [0, 0.1) is 5.92 Å². The lowest BCUT2D eigenvalue weighted by Crippen LogP contribution is -2.42. The lowest BCUT2D eigenvalue weighted by Gasteiger charge is -2.32. The maximum atomic E-state index is 12.8. The maximum absolute atomic E-state index is 12.8. The zero-order valence-electron chi connectivity index (χ0n) is 16.7. The topological polar surface area (TPSA) is 58.2 Å². The molecular formula is C23H27N3O2S. The summed E-state index contributed by atoms with van der Waals surface area (Å²) in [5, 5.41) is 0.147. The summed E-state index contributed by atoms with van der Waals surface area (Å²) < 4.78 is 5.90. The van der Waals surface area contributed by atoms with Crippen molar-refractivity contribution in [2.45, 2.75) is 25.0 Å². The molecule has 6 heteroatoms. The van der Waals surface area contributed by atoms with Crippen LogP contribution in [0.1, 0.15) is 30.8 Å². The highest BCUT2D eigenvalue weighted by molar-refractivity contribution is 8.00. The van der Waals surface area contributed by atoms with Crippen LogP contribution in [0.15, 0.2) is 54.6 Å². The highest BCUT2D eigenvalue weighted by Crippen LogP contribution is 2.28. The number of piperidine rings is 1. The molecule has 0 saturated carbocycles. The molecule has 5 nitrogen and oxygen atoms in total. The summed E-state index contributed by atoms with van der Waals surface area (Å²) in [5.41, 5.74) is 2.01. The molecule has 152 valence electrons. The molecule has 1 aliphatic rings. The van der Waals surface area contributed by atoms with Crippen molar-refractivity contribution in [2.24, 2.45) is 5.92 Å². The van der Waals surface area contributed by atoms with Crippen LogP contribution in [0.4, 0.5) is 0 Å². The van der Waals surface area contributed by atoms with Crippen LogP contribution in [0.3, 0.4) is 0 Å². The molecule has 3 aromatic rings. The molecule has 0 spiro atoms. The second-order valence-corrected chi connectivity index (χ2v) is 8.89. The van der Waals surface area contributed by atoms with E-state index in [1.807, 2.05) is 59.5 Å². The summed E-state index contributed by atoms with van der Waals surface area (Å²) in [4.78, 5) is 22.8. The molecular weight excluding hydrogens is 382 g/mol. The normalized spacial score (nSPS) is 18.0. The Hall–Kier alpha value is -2.47. The van der Waals surface area contributed by atoms with E-state index in [1.54, 1.807) is 11.8 Å². The number of likely N-dealkylation sites (tertiary alicyclic amines) is 1. The molecule has 0 radical (unpaired) electrons. The highest BCUT2D eigenvalue weighted by atomic mass is 32.2. The van der Waals surface area contributed by atoms with Crippen LogP contribution in [-0.2, 0) is 4.79 Å². The first-order chi connectivity index (χ1) is 14.2. The van der Waals surface area contributed by atoms with Gasteiger partial charge in [-0.25, -0.2) is 4.98 Å². The van der Waals surface area contributed by atoms with Gasteiger partial charge < -0.3 is 14.6 Å². The number of rotatable bonds is 7. The Kier molecular flexibility index (Phi) is 6.39. The van der Waals surface area contributed by atoms with E-state index in [2.05, 4.69) is 16.9 Å². The number of benzene rings is 2. The van der Waals surface area contributed by atoms with E-state index in [-0.39, 0.29) is 11.2 Å². The molecule has 2 heterocycles. The van der Waals surface area contributed by atoms with Gasteiger partial charge in [-0.05, 0) is 44.0 Å². The van der Waals surface area contributed by atoms with Crippen molar-refractivity contribution >= 4 is 28.7 Å². The zero-order chi connectivity index (χ0) is 20.1. The van der Waals surface area contributed by atoms with Crippen molar-refractivity contribution in [1.29, 1.82) is 0 Å². The standard InChI is InChI=1S/C23H27N3O2S/c1-17(23-24-20-11-5-6-12-21(20)25-23)29-16-22(27)26-13-7-8-18(14-26)15-28-19-9-3-2-4-10-19/h2-6,9-12,17-18H,7-8,13-16H2,1H3,(H,24,25). The van der Waals surface area contributed by atoms with E-state index < -0.39 is 0 Å². The molecule has 1 N–H and O–H groups in total. The largest absolute Gasteiger partial charge is 0.493 e. The van der Waals surface area contributed by atoms with Gasteiger partial charge in [-0.3, -0.25) is 4.79 Å². The molecule has 2 aromatic carbocycles. The first kappa shape index (κ1) is 19.8. The zero-order valence-corrected chi connectivity index (χ0v) is 17.5. The Bertz CT molecular complexity index is 910. The SMILES string of the molecule is CC(SCC(=O)N1CCCC(COc2ccccc2)C1)c1nc2ccccc2[nH]1. The van der Waals surface area contributed by atoms with E-state index in [9.17, 15) is 4.79 Å². The van der Waals surface area contributed by atoms with E-state index in [1.165, 1.54) is 0 Å². The minimum absolute atomic E-state index is 0.147. The van der Waals surface area contributed by atoms with Crippen molar-refractivity contribution in [3.05, 3.63) is 60.4 Å². The van der Waals surface area contributed by atoms with Gasteiger partial charge in [0.15, 0.2) is 0 Å². The van der Waals surface area contributed by atoms with Crippen LogP contribution in [0.2, 0.25) is 0 Å². The number of H-pyrrole nitrogens is 1. The second-order valence-electron chi connectivity index (χ2n) is 7.56. The predicted octanol–water partition coefficient (Wildman–Crippen LogP) is 4.67. The molecule has 4 rings (SSSR count). The van der Waals surface area contributed by atoms with Gasteiger partial charge in [0.2, 0.25) is 5.91 Å². The van der Waals surface area contributed by atoms with Gasteiger partial charge in [0, 0.05) is 19.0 Å². The minimum atomic E-state index is 0.147. The highest BCUT2D eigenvalue weighted by Gasteiger charge is 2.25. The smallest absolute Gasteiger partial charge is 0.232 e. The van der Waals surface area contributed by atoms with Crippen molar-refractivity contribution in [1.82, 2.24) is 14.9 Å². The van der Waals surface area contributed by atoms with Gasteiger partial charge in [0.05, 0.1) is 28.6 Å². The van der Waals surface area contributed by atoms with Gasteiger partial charge in [0.1, 0.15) is 11.6 Å². The number of carbonyl (C=O) groups excluding carboxylic acids is 1. The van der Waals surface area contributed by atoms with Crippen molar-refractivity contribution in [2.75, 3.05) is 25.4 Å². The van der Waals surface area contributed by atoms with Crippen LogP contribution in [0.5, 0.6) is 5.75 Å². The molecule has 2 atom stereocenters. The number of ether oxygens (including phenoxy) is 1. The number of nitrogens with one attached hydrogen (secondary N) is 1. The molecule has 0 bridgehead atoms. The van der Waals surface area contributed by atoms with E-state index in [0.29, 0.717) is 18.3 Å². The third-order valence-corrected chi connectivity index (χ3v) is 6.49.